The highest BCUT2D eigenvalue weighted by Gasteiger charge is 2.37. The number of carbonyl (C=O) groups is 3. The molecule has 1 saturated heterocycles. The lowest BCUT2D eigenvalue weighted by molar-refractivity contribution is -0.122. The average molecular weight is 353 g/mol. The summed E-state index contributed by atoms with van der Waals surface area (Å²) in [6, 6.07) is 11.5. The molecule has 2 aromatic rings. The number of rotatable bonds is 3. The molecule has 1 aliphatic rings. The van der Waals surface area contributed by atoms with Crippen LogP contribution in [-0.4, -0.2) is 31.9 Å². The average Bonchev–Trinajstić information content (AvgIpc) is 2.60. The smallest absolute Gasteiger partial charge is 0.336 e. The van der Waals surface area contributed by atoms with Gasteiger partial charge in [0.2, 0.25) is 0 Å². The molecular formula is C19H16FN3O3. The number of carbonyl (C=O) groups excluding carboxylic acids is 3. The van der Waals surface area contributed by atoms with Gasteiger partial charge in [0.05, 0.1) is 5.69 Å². The Balaban J connectivity index is 1.99. The number of anilines is 2. The van der Waals surface area contributed by atoms with Crippen molar-refractivity contribution in [3.8, 4) is 0 Å². The Morgan fingerprint density at radius 3 is 2.27 bits per heavy atom. The summed E-state index contributed by atoms with van der Waals surface area (Å²) < 4.78 is 14.0. The van der Waals surface area contributed by atoms with Gasteiger partial charge in [-0.1, -0.05) is 24.3 Å². The first kappa shape index (κ1) is 17.3. The van der Waals surface area contributed by atoms with E-state index in [-0.39, 0.29) is 11.3 Å². The standard InChI is InChI=1S/C19H16FN3O3/c1-22(2)13-9-7-12(8-10-13)11-14-17(24)21-19(26)23(18(14)25)16-6-4-3-5-15(16)20/h3-11H,1-2H3,(H,21,24,26)/b14-11+. The minimum atomic E-state index is -0.981. The number of hydrogen-bond acceptors (Lipinski definition) is 4. The molecule has 0 unspecified atom stereocenters. The number of barbiturate groups is 1. The first-order chi connectivity index (χ1) is 12.4. The van der Waals surface area contributed by atoms with E-state index in [0.717, 1.165) is 11.8 Å². The van der Waals surface area contributed by atoms with Crippen molar-refractivity contribution in [3.05, 3.63) is 65.5 Å². The highest BCUT2D eigenvalue weighted by Crippen LogP contribution is 2.24. The third kappa shape index (κ3) is 3.19. The maximum absolute atomic E-state index is 14.0. The van der Waals surface area contributed by atoms with Gasteiger partial charge in [0.1, 0.15) is 11.4 Å². The Hall–Kier alpha value is -3.48. The minimum absolute atomic E-state index is 0.212. The van der Waals surface area contributed by atoms with Crippen molar-refractivity contribution in [2.24, 2.45) is 0 Å². The summed E-state index contributed by atoms with van der Waals surface area (Å²) in [4.78, 5) is 39.4. The molecule has 0 atom stereocenters. The number of amides is 4. The molecule has 0 aromatic heterocycles. The van der Waals surface area contributed by atoms with E-state index in [0.29, 0.717) is 10.5 Å². The highest BCUT2D eigenvalue weighted by atomic mass is 19.1. The zero-order chi connectivity index (χ0) is 18.8. The van der Waals surface area contributed by atoms with E-state index in [1.54, 1.807) is 12.1 Å². The second-order valence-corrected chi connectivity index (χ2v) is 5.90. The molecule has 0 radical (unpaired) electrons. The molecule has 0 bridgehead atoms. The summed E-state index contributed by atoms with van der Waals surface area (Å²) in [6.07, 6.45) is 1.37. The highest BCUT2D eigenvalue weighted by molar-refractivity contribution is 6.39. The number of nitrogens with zero attached hydrogens (tertiary/aromatic N) is 2. The van der Waals surface area contributed by atoms with Gasteiger partial charge in [0.15, 0.2) is 0 Å². The number of benzene rings is 2. The van der Waals surface area contributed by atoms with Crippen LogP contribution in [0.25, 0.3) is 6.08 Å². The number of imide groups is 2. The lowest BCUT2D eigenvalue weighted by atomic mass is 10.1. The van der Waals surface area contributed by atoms with Crippen LogP contribution in [0.2, 0.25) is 0 Å². The predicted molar refractivity (Wildman–Crippen MR) is 96.2 cm³/mol. The maximum Gasteiger partial charge on any atom is 0.336 e. The van der Waals surface area contributed by atoms with Gasteiger partial charge in [0, 0.05) is 19.8 Å². The molecule has 2 aromatic carbocycles. The zero-order valence-electron chi connectivity index (χ0n) is 14.2. The van der Waals surface area contributed by atoms with Crippen molar-refractivity contribution in [2.75, 3.05) is 23.9 Å². The maximum atomic E-state index is 14.0. The summed E-state index contributed by atoms with van der Waals surface area (Å²) in [6.45, 7) is 0. The van der Waals surface area contributed by atoms with Crippen molar-refractivity contribution in [1.29, 1.82) is 0 Å². The van der Waals surface area contributed by atoms with Crippen molar-refractivity contribution < 1.29 is 18.8 Å². The normalized spacial score (nSPS) is 16.0. The van der Waals surface area contributed by atoms with Crippen LogP contribution in [0.1, 0.15) is 5.56 Å². The third-order valence-corrected chi connectivity index (χ3v) is 3.92. The molecule has 26 heavy (non-hydrogen) atoms. The van der Waals surface area contributed by atoms with E-state index >= 15 is 0 Å². The van der Waals surface area contributed by atoms with Gasteiger partial charge in [-0.2, -0.15) is 0 Å². The molecule has 1 fully saturated rings. The number of hydrogen-bond donors (Lipinski definition) is 1. The van der Waals surface area contributed by atoms with Crippen LogP contribution in [0.3, 0.4) is 0 Å². The van der Waals surface area contributed by atoms with E-state index in [4.69, 9.17) is 0 Å². The Morgan fingerprint density at radius 1 is 1.00 bits per heavy atom. The Labute approximate surface area is 149 Å². The third-order valence-electron chi connectivity index (χ3n) is 3.92. The molecule has 6 nitrogen and oxygen atoms in total. The van der Waals surface area contributed by atoms with Crippen LogP contribution in [0.15, 0.2) is 54.1 Å². The summed E-state index contributed by atoms with van der Waals surface area (Å²) in [5, 5.41) is 2.07. The van der Waals surface area contributed by atoms with Gasteiger partial charge in [-0.25, -0.2) is 14.1 Å². The van der Waals surface area contributed by atoms with Crippen molar-refractivity contribution in [2.45, 2.75) is 0 Å². The summed E-state index contributed by atoms with van der Waals surface area (Å²) in [7, 11) is 3.78. The molecule has 1 N–H and O–H groups in total. The zero-order valence-corrected chi connectivity index (χ0v) is 14.2. The molecule has 7 heteroatoms. The second kappa shape index (κ2) is 6.79. The van der Waals surface area contributed by atoms with Crippen LogP contribution in [0, 0.1) is 5.82 Å². The monoisotopic (exact) mass is 353 g/mol. The fourth-order valence-corrected chi connectivity index (χ4v) is 2.54. The van der Waals surface area contributed by atoms with E-state index in [1.807, 2.05) is 31.1 Å². The molecule has 1 aliphatic heterocycles. The van der Waals surface area contributed by atoms with Crippen molar-refractivity contribution in [3.63, 3.8) is 0 Å². The van der Waals surface area contributed by atoms with Crippen LogP contribution in [0.5, 0.6) is 0 Å². The van der Waals surface area contributed by atoms with Gasteiger partial charge >= 0.3 is 6.03 Å². The molecule has 0 saturated carbocycles. The second-order valence-electron chi connectivity index (χ2n) is 5.90. The van der Waals surface area contributed by atoms with Gasteiger partial charge in [-0.05, 0) is 35.9 Å². The SMILES string of the molecule is CN(C)c1ccc(/C=C2\C(=O)NC(=O)N(c3ccccc3F)C2=O)cc1. The van der Waals surface area contributed by atoms with Gasteiger partial charge in [-0.15, -0.1) is 0 Å². The predicted octanol–water partition coefficient (Wildman–Crippen LogP) is 2.56. The fraction of sp³-hybridized carbons (Fsp3) is 0.105. The molecule has 0 spiro atoms. The Bertz CT molecular complexity index is 920. The number of nitrogens with one attached hydrogen (secondary N) is 1. The lowest BCUT2D eigenvalue weighted by Crippen LogP contribution is -2.54. The van der Waals surface area contributed by atoms with E-state index in [2.05, 4.69) is 5.32 Å². The van der Waals surface area contributed by atoms with Gasteiger partial charge < -0.3 is 4.90 Å². The van der Waals surface area contributed by atoms with E-state index in [1.165, 1.54) is 24.3 Å². The summed E-state index contributed by atoms with van der Waals surface area (Å²) >= 11 is 0. The summed E-state index contributed by atoms with van der Waals surface area (Å²) in [5.74, 6) is -2.43. The minimum Gasteiger partial charge on any atom is -0.378 e. The van der Waals surface area contributed by atoms with Gasteiger partial charge in [0.25, 0.3) is 11.8 Å². The first-order valence-corrected chi connectivity index (χ1v) is 7.82. The van der Waals surface area contributed by atoms with Crippen LogP contribution in [-0.2, 0) is 9.59 Å². The Kier molecular flexibility index (Phi) is 4.53. The fourth-order valence-electron chi connectivity index (χ4n) is 2.54. The number of para-hydroxylation sites is 1. The van der Waals surface area contributed by atoms with Gasteiger partial charge in [-0.3, -0.25) is 14.9 Å². The molecular weight excluding hydrogens is 337 g/mol. The van der Waals surface area contributed by atoms with Crippen LogP contribution < -0.4 is 15.1 Å². The van der Waals surface area contributed by atoms with Crippen LogP contribution >= 0.6 is 0 Å². The largest absolute Gasteiger partial charge is 0.378 e. The van der Waals surface area contributed by atoms with E-state index in [9.17, 15) is 18.8 Å². The topological polar surface area (TPSA) is 69.7 Å². The summed E-state index contributed by atoms with van der Waals surface area (Å²) in [5.41, 5.74) is 1.11. The first-order valence-electron chi connectivity index (χ1n) is 7.82. The molecule has 132 valence electrons. The molecule has 0 aliphatic carbocycles. The van der Waals surface area contributed by atoms with Crippen LogP contribution in [0.4, 0.5) is 20.6 Å². The quantitative estimate of drug-likeness (QED) is 0.680. The molecule has 4 amide bonds. The van der Waals surface area contributed by atoms with E-state index < -0.39 is 23.7 Å². The lowest BCUT2D eigenvalue weighted by Gasteiger charge is -2.26. The number of halogens is 1. The molecule has 1 heterocycles. The van der Waals surface area contributed by atoms with Crippen molar-refractivity contribution >= 4 is 35.3 Å². The number of urea groups is 1. The van der Waals surface area contributed by atoms with Crippen molar-refractivity contribution in [1.82, 2.24) is 5.32 Å². The Morgan fingerprint density at radius 2 is 1.65 bits per heavy atom. The molecule has 3 rings (SSSR count).